The van der Waals surface area contributed by atoms with E-state index >= 15 is 0 Å². The van der Waals surface area contributed by atoms with Crippen molar-refractivity contribution >= 4 is 39.6 Å². The molecule has 1 aromatic heterocycles. The lowest BCUT2D eigenvalue weighted by Gasteiger charge is -2.17. The number of nitrogens with one attached hydrogen (secondary N) is 2. The molecule has 0 aliphatic rings. The number of hydrogen-bond acceptors (Lipinski definition) is 4. The third kappa shape index (κ3) is 5.65. The second kappa shape index (κ2) is 9.67. The van der Waals surface area contributed by atoms with Crippen LogP contribution >= 0.6 is 23.6 Å². The standard InChI is InChI=1S/C23H24N2O2S2/c1-15-9-11-18(12-10-15)16(2)24-23(28)25-21-20(22(26)27-3)14-19(29-21)13-17-7-5-4-6-8-17/h4-12,14,16H,13H2,1-3H3,(H2,24,25,28). The number of ether oxygens (including phenoxy) is 1. The van der Waals surface area contributed by atoms with Crippen LogP contribution in [0.3, 0.4) is 0 Å². The maximum absolute atomic E-state index is 12.2. The monoisotopic (exact) mass is 424 g/mol. The van der Waals surface area contributed by atoms with Crippen LogP contribution in [0.15, 0.2) is 60.7 Å². The smallest absolute Gasteiger partial charge is 0.340 e. The van der Waals surface area contributed by atoms with Gasteiger partial charge in [0.05, 0.1) is 18.7 Å². The van der Waals surface area contributed by atoms with E-state index in [0.717, 1.165) is 16.9 Å². The quantitative estimate of drug-likeness (QED) is 0.405. The molecule has 0 aliphatic carbocycles. The molecule has 150 valence electrons. The van der Waals surface area contributed by atoms with E-state index in [0.29, 0.717) is 15.7 Å². The Bertz CT molecular complexity index is 982. The molecule has 0 radical (unpaired) electrons. The van der Waals surface area contributed by atoms with E-state index in [1.807, 2.05) is 24.3 Å². The van der Waals surface area contributed by atoms with Crippen molar-refractivity contribution in [3.8, 4) is 0 Å². The molecule has 0 fully saturated rings. The van der Waals surface area contributed by atoms with Gasteiger partial charge >= 0.3 is 5.97 Å². The molecule has 3 rings (SSSR count). The molecule has 1 atom stereocenters. The molecule has 4 nitrogen and oxygen atoms in total. The first-order valence-corrected chi connectivity index (χ1v) is 10.6. The Morgan fingerprint density at radius 2 is 1.83 bits per heavy atom. The second-order valence-electron chi connectivity index (χ2n) is 6.84. The van der Waals surface area contributed by atoms with E-state index in [4.69, 9.17) is 17.0 Å². The first-order chi connectivity index (χ1) is 14.0. The van der Waals surface area contributed by atoms with Crippen LogP contribution in [0, 0.1) is 6.92 Å². The molecule has 0 aliphatic heterocycles. The zero-order valence-corrected chi connectivity index (χ0v) is 18.3. The molecule has 0 saturated carbocycles. The Morgan fingerprint density at radius 1 is 1.14 bits per heavy atom. The van der Waals surface area contributed by atoms with Crippen molar-refractivity contribution in [2.75, 3.05) is 12.4 Å². The topological polar surface area (TPSA) is 50.4 Å². The lowest BCUT2D eigenvalue weighted by Crippen LogP contribution is -2.31. The van der Waals surface area contributed by atoms with Crippen molar-refractivity contribution in [1.29, 1.82) is 0 Å². The Balaban J connectivity index is 1.73. The van der Waals surface area contributed by atoms with Gasteiger partial charge in [0, 0.05) is 11.3 Å². The molecule has 29 heavy (non-hydrogen) atoms. The average molecular weight is 425 g/mol. The molecule has 1 heterocycles. The number of thiophene rings is 1. The highest BCUT2D eigenvalue weighted by molar-refractivity contribution is 7.80. The van der Waals surface area contributed by atoms with Gasteiger partial charge in [0.1, 0.15) is 5.00 Å². The molecule has 0 spiro atoms. The van der Waals surface area contributed by atoms with Crippen molar-refractivity contribution in [2.45, 2.75) is 26.3 Å². The van der Waals surface area contributed by atoms with Crippen molar-refractivity contribution < 1.29 is 9.53 Å². The summed E-state index contributed by atoms with van der Waals surface area (Å²) < 4.78 is 4.95. The molecule has 3 aromatic rings. The summed E-state index contributed by atoms with van der Waals surface area (Å²) in [5, 5.41) is 7.62. The van der Waals surface area contributed by atoms with Gasteiger partial charge in [-0.1, -0.05) is 60.2 Å². The van der Waals surface area contributed by atoms with Gasteiger partial charge in [-0.05, 0) is 43.3 Å². The van der Waals surface area contributed by atoms with Gasteiger partial charge in [0.15, 0.2) is 5.11 Å². The fraction of sp³-hybridized carbons (Fsp3) is 0.217. The molecular formula is C23H24N2O2S2. The number of methoxy groups -OCH3 is 1. The summed E-state index contributed by atoms with van der Waals surface area (Å²) in [5.74, 6) is -0.377. The van der Waals surface area contributed by atoms with E-state index in [2.05, 4.69) is 60.9 Å². The van der Waals surface area contributed by atoms with Crippen LogP contribution in [0.2, 0.25) is 0 Å². The van der Waals surface area contributed by atoms with Gasteiger partial charge < -0.3 is 15.4 Å². The lowest BCUT2D eigenvalue weighted by molar-refractivity contribution is 0.0602. The highest BCUT2D eigenvalue weighted by atomic mass is 32.1. The number of thiocarbonyl (C=S) groups is 1. The van der Waals surface area contributed by atoms with Crippen LogP contribution in [-0.4, -0.2) is 18.2 Å². The van der Waals surface area contributed by atoms with Gasteiger partial charge in [-0.2, -0.15) is 0 Å². The van der Waals surface area contributed by atoms with Crippen LogP contribution < -0.4 is 10.6 Å². The molecule has 0 saturated heterocycles. The minimum absolute atomic E-state index is 0.0425. The van der Waals surface area contributed by atoms with Gasteiger partial charge in [0.2, 0.25) is 0 Å². The zero-order chi connectivity index (χ0) is 20.8. The summed E-state index contributed by atoms with van der Waals surface area (Å²) in [4.78, 5) is 13.3. The predicted molar refractivity (Wildman–Crippen MR) is 124 cm³/mol. The first-order valence-electron chi connectivity index (χ1n) is 9.35. The van der Waals surface area contributed by atoms with Crippen LogP contribution in [0.5, 0.6) is 0 Å². The summed E-state index contributed by atoms with van der Waals surface area (Å²) in [7, 11) is 1.39. The van der Waals surface area contributed by atoms with Crippen molar-refractivity contribution in [3.05, 3.63) is 87.8 Å². The third-order valence-electron chi connectivity index (χ3n) is 4.56. The van der Waals surface area contributed by atoms with Crippen molar-refractivity contribution in [2.24, 2.45) is 0 Å². The maximum Gasteiger partial charge on any atom is 0.340 e. The van der Waals surface area contributed by atoms with E-state index in [9.17, 15) is 4.79 Å². The van der Waals surface area contributed by atoms with Crippen LogP contribution in [0.4, 0.5) is 5.00 Å². The summed E-state index contributed by atoms with van der Waals surface area (Å²) in [6, 6.07) is 20.4. The van der Waals surface area contributed by atoms with Crippen LogP contribution in [0.1, 0.15) is 44.9 Å². The predicted octanol–water partition coefficient (Wildman–Crippen LogP) is 5.48. The van der Waals surface area contributed by atoms with E-state index in [-0.39, 0.29) is 12.0 Å². The summed E-state index contributed by atoms with van der Waals surface area (Å²) >= 11 is 7.00. The number of aryl methyl sites for hydroxylation is 1. The fourth-order valence-corrected chi connectivity index (χ4v) is 4.38. The largest absolute Gasteiger partial charge is 0.465 e. The number of anilines is 1. The second-order valence-corrected chi connectivity index (χ2v) is 8.39. The number of benzene rings is 2. The molecule has 1 unspecified atom stereocenters. The van der Waals surface area contributed by atoms with Crippen LogP contribution in [0.25, 0.3) is 0 Å². The molecule has 2 aromatic carbocycles. The molecular weight excluding hydrogens is 400 g/mol. The Kier molecular flexibility index (Phi) is 7.01. The summed E-state index contributed by atoms with van der Waals surface area (Å²) in [5.41, 5.74) is 4.04. The molecule has 6 heteroatoms. The molecule has 0 amide bonds. The number of hydrogen-bond donors (Lipinski definition) is 2. The maximum atomic E-state index is 12.2. The molecule has 0 bridgehead atoms. The van der Waals surface area contributed by atoms with E-state index in [1.54, 1.807) is 0 Å². The number of carbonyl (C=O) groups excluding carboxylic acids is 1. The van der Waals surface area contributed by atoms with E-state index in [1.165, 1.54) is 29.6 Å². The van der Waals surface area contributed by atoms with Gasteiger partial charge in [-0.15, -0.1) is 11.3 Å². The van der Waals surface area contributed by atoms with Crippen molar-refractivity contribution in [1.82, 2.24) is 5.32 Å². The zero-order valence-electron chi connectivity index (χ0n) is 16.7. The van der Waals surface area contributed by atoms with Gasteiger partial charge in [-0.3, -0.25) is 0 Å². The highest BCUT2D eigenvalue weighted by Gasteiger charge is 2.18. The fourth-order valence-electron chi connectivity index (χ4n) is 2.95. The normalized spacial score (nSPS) is 11.6. The first kappa shape index (κ1) is 21.0. The van der Waals surface area contributed by atoms with Gasteiger partial charge in [0.25, 0.3) is 0 Å². The molecule has 2 N–H and O–H groups in total. The Hall–Kier alpha value is -2.70. The van der Waals surface area contributed by atoms with Crippen LogP contribution in [-0.2, 0) is 11.2 Å². The lowest BCUT2D eigenvalue weighted by atomic mass is 10.1. The van der Waals surface area contributed by atoms with E-state index < -0.39 is 0 Å². The van der Waals surface area contributed by atoms with Gasteiger partial charge in [-0.25, -0.2) is 4.79 Å². The average Bonchev–Trinajstić information content (AvgIpc) is 3.10. The summed E-state index contributed by atoms with van der Waals surface area (Å²) in [6.45, 7) is 4.11. The number of rotatable bonds is 6. The minimum Gasteiger partial charge on any atom is -0.465 e. The Morgan fingerprint density at radius 3 is 2.48 bits per heavy atom. The summed E-state index contributed by atoms with van der Waals surface area (Å²) in [6.07, 6.45) is 0.747. The number of carbonyl (C=O) groups is 1. The van der Waals surface area contributed by atoms with Crippen molar-refractivity contribution in [3.63, 3.8) is 0 Å². The SMILES string of the molecule is COC(=O)c1cc(Cc2ccccc2)sc1NC(=S)NC(C)c1ccc(C)cc1. The highest BCUT2D eigenvalue weighted by Crippen LogP contribution is 2.30. The third-order valence-corrected chi connectivity index (χ3v) is 5.83. The number of esters is 1. The minimum atomic E-state index is -0.377. The Labute approximate surface area is 180 Å².